The molecule has 0 spiro atoms. The number of halogens is 1. The number of rotatable bonds is 6. The normalized spacial score (nSPS) is 12.1. The number of para-hydroxylation sites is 1. The number of nitrogens with zero attached hydrogens (tertiary/aromatic N) is 1. The van der Waals surface area contributed by atoms with Gasteiger partial charge in [-0.3, -0.25) is 4.79 Å². The first-order valence-electron chi connectivity index (χ1n) is 9.39. The molecule has 2 N–H and O–H groups in total. The van der Waals surface area contributed by atoms with Crippen LogP contribution in [0.1, 0.15) is 43.6 Å². The summed E-state index contributed by atoms with van der Waals surface area (Å²) in [7, 11) is 0. The van der Waals surface area contributed by atoms with Crippen LogP contribution in [0.3, 0.4) is 0 Å². The van der Waals surface area contributed by atoms with E-state index in [9.17, 15) is 9.59 Å². The topological polar surface area (TPSA) is 71.3 Å². The molecule has 2 aromatic carbocycles. The van der Waals surface area contributed by atoms with Crippen LogP contribution in [0.25, 0.3) is 10.9 Å². The molecule has 4 aromatic rings. The van der Waals surface area contributed by atoms with Gasteiger partial charge in [0.15, 0.2) is 0 Å². The summed E-state index contributed by atoms with van der Waals surface area (Å²) >= 11 is 7.17. The smallest absolute Gasteiger partial charge is 0.345 e. The Hall–Kier alpha value is -3.09. The van der Waals surface area contributed by atoms with Crippen molar-refractivity contribution in [2.24, 2.45) is 0 Å². The van der Waals surface area contributed by atoms with E-state index in [2.05, 4.69) is 5.32 Å². The van der Waals surface area contributed by atoms with Crippen LogP contribution in [-0.2, 0) is 6.54 Å². The number of fused-ring (bicyclic) bond motifs is 1. The van der Waals surface area contributed by atoms with E-state index in [4.69, 9.17) is 16.7 Å². The predicted molar refractivity (Wildman–Crippen MR) is 120 cm³/mol. The van der Waals surface area contributed by atoms with E-state index in [0.717, 1.165) is 21.3 Å². The first-order valence-corrected chi connectivity index (χ1v) is 10.6. The highest BCUT2D eigenvalue weighted by molar-refractivity contribution is 7.14. The first kappa shape index (κ1) is 20.2. The minimum Gasteiger partial charge on any atom is -0.477 e. The maximum absolute atomic E-state index is 13.1. The van der Waals surface area contributed by atoms with Crippen LogP contribution in [0.2, 0.25) is 5.02 Å². The number of hydrogen-bond donors (Lipinski definition) is 2. The number of aromatic carboxylic acids is 1. The molecule has 0 aliphatic heterocycles. The lowest BCUT2D eigenvalue weighted by Crippen LogP contribution is -2.28. The summed E-state index contributed by atoms with van der Waals surface area (Å²) < 4.78 is 1.98. The van der Waals surface area contributed by atoms with Gasteiger partial charge in [-0.25, -0.2) is 4.79 Å². The van der Waals surface area contributed by atoms with E-state index < -0.39 is 5.97 Å². The molecule has 2 heterocycles. The number of carbonyl (C=O) groups excluding carboxylic acids is 1. The number of carboxylic acid groups (broad SMARTS) is 1. The number of carboxylic acids is 1. The Bertz CT molecular complexity index is 1230. The number of thiophene rings is 1. The summed E-state index contributed by atoms with van der Waals surface area (Å²) in [6.07, 6.45) is 0. The molecule has 4 rings (SSSR count). The summed E-state index contributed by atoms with van der Waals surface area (Å²) in [6.45, 7) is 2.38. The molecule has 5 nitrogen and oxygen atoms in total. The van der Waals surface area contributed by atoms with Gasteiger partial charge in [0.1, 0.15) is 10.6 Å². The Morgan fingerprint density at radius 2 is 1.83 bits per heavy atom. The highest BCUT2D eigenvalue weighted by Crippen LogP contribution is 2.25. The maximum atomic E-state index is 13.1. The molecule has 0 aliphatic rings. The van der Waals surface area contributed by atoms with Gasteiger partial charge in [-0.2, -0.15) is 0 Å². The van der Waals surface area contributed by atoms with E-state index >= 15 is 0 Å². The van der Waals surface area contributed by atoms with Crippen LogP contribution < -0.4 is 5.32 Å². The summed E-state index contributed by atoms with van der Waals surface area (Å²) in [6, 6.07) is 20.3. The Labute approximate surface area is 182 Å². The lowest BCUT2D eigenvalue weighted by atomic mass is 10.2. The fourth-order valence-corrected chi connectivity index (χ4v) is 4.36. The van der Waals surface area contributed by atoms with Crippen molar-refractivity contribution in [3.05, 3.63) is 92.8 Å². The van der Waals surface area contributed by atoms with Crippen molar-refractivity contribution in [2.45, 2.75) is 19.5 Å². The van der Waals surface area contributed by atoms with Crippen LogP contribution in [-0.4, -0.2) is 21.6 Å². The average Bonchev–Trinajstić information content (AvgIpc) is 3.36. The van der Waals surface area contributed by atoms with Gasteiger partial charge in [-0.05, 0) is 48.9 Å². The highest BCUT2D eigenvalue weighted by atomic mass is 35.5. The average molecular weight is 439 g/mol. The van der Waals surface area contributed by atoms with Crippen molar-refractivity contribution in [1.82, 2.24) is 9.88 Å². The molecule has 1 unspecified atom stereocenters. The molecule has 1 amide bonds. The molecule has 0 radical (unpaired) electrons. The van der Waals surface area contributed by atoms with Gasteiger partial charge >= 0.3 is 5.97 Å². The molecule has 152 valence electrons. The minimum absolute atomic E-state index is 0.210. The number of amides is 1. The van der Waals surface area contributed by atoms with Crippen LogP contribution in [0, 0.1) is 0 Å². The number of carbonyl (C=O) groups is 2. The predicted octanol–water partition coefficient (Wildman–Crippen LogP) is 5.59. The largest absolute Gasteiger partial charge is 0.477 e. The summed E-state index contributed by atoms with van der Waals surface area (Å²) in [5, 5.41) is 13.8. The minimum atomic E-state index is -0.965. The number of hydrogen-bond acceptors (Lipinski definition) is 3. The molecule has 0 aliphatic carbocycles. The second kappa shape index (κ2) is 8.34. The van der Waals surface area contributed by atoms with Crippen molar-refractivity contribution in [1.29, 1.82) is 0 Å². The molecule has 0 fully saturated rings. The monoisotopic (exact) mass is 438 g/mol. The molecule has 0 bridgehead atoms. The second-order valence-corrected chi connectivity index (χ2v) is 8.56. The third-order valence-electron chi connectivity index (χ3n) is 4.91. The maximum Gasteiger partial charge on any atom is 0.345 e. The molecule has 1 atom stereocenters. The fraction of sp³-hybridized carbons (Fsp3) is 0.130. The molecule has 7 heteroatoms. The van der Waals surface area contributed by atoms with Crippen molar-refractivity contribution in [2.75, 3.05) is 0 Å². The van der Waals surface area contributed by atoms with Gasteiger partial charge in [0.2, 0.25) is 0 Å². The highest BCUT2D eigenvalue weighted by Gasteiger charge is 2.19. The molecule has 30 heavy (non-hydrogen) atoms. The zero-order chi connectivity index (χ0) is 21.3. The van der Waals surface area contributed by atoms with E-state index in [1.165, 1.54) is 11.3 Å². The van der Waals surface area contributed by atoms with Gasteiger partial charge in [0.05, 0.1) is 6.04 Å². The lowest BCUT2D eigenvalue weighted by molar-refractivity contribution is 0.0702. The zero-order valence-corrected chi connectivity index (χ0v) is 17.7. The standard InChI is InChI=1S/C23H19ClN2O3S/c1-14(20-10-11-21(30-20)23(28)29)25-22(27)19-12-16-4-2-3-5-18(16)26(19)13-15-6-8-17(24)9-7-15/h2-12,14H,13H2,1H3,(H,25,27)(H,28,29). The summed E-state index contributed by atoms with van der Waals surface area (Å²) in [5.41, 5.74) is 2.55. The number of aromatic nitrogens is 1. The molecule has 2 aromatic heterocycles. The fourth-order valence-electron chi connectivity index (χ4n) is 3.38. The van der Waals surface area contributed by atoms with Gasteiger partial charge in [0.25, 0.3) is 5.91 Å². The number of nitrogens with one attached hydrogen (secondary N) is 1. The zero-order valence-electron chi connectivity index (χ0n) is 16.1. The van der Waals surface area contributed by atoms with E-state index in [0.29, 0.717) is 17.3 Å². The van der Waals surface area contributed by atoms with Gasteiger partial charge in [0, 0.05) is 27.3 Å². The second-order valence-electron chi connectivity index (χ2n) is 7.00. The Balaban J connectivity index is 1.64. The van der Waals surface area contributed by atoms with E-state index in [-0.39, 0.29) is 16.8 Å². The van der Waals surface area contributed by atoms with Crippen LogP contribution >= 0.6 is 22.9 Å². The van der Waals surface area contributed by atoms with Gasteiger partial charge < -0.3 is 15.0 Å². The summed E-state index contributed by atoms with van der Waals surface area (Å²) in [5.74, 6) is -1.18. The van der Waals surface area contributed by atoms with Crippen molar-refractivity contribution >= 4 is 45.7 Å². The number of benzene rings is 2. The van der Waals surface area contributed by atoms with Gasteiger partial charge in [-0.1, -0.05) is 41.9 Å². The Kier molecular flexibility index (Phi) is 5.61. The molecular formula is C23H19ClN2O3S. The summed E-state index contributed by atoms with van der Waals surface area (Å²) in [4.78, 5) is 25.3. The molecular weight excluding hydrogens is 420 g/mol. The van der Waals surface area contributed by atoms with E-state index in [1.54, 1.807) is 12.1 Å². The Morgan fingerprint density at radius 3 is 2.53 bits per heavy atom. The quantitative estimate of drug-likeness (QED) is 0.412. The Morgan fingerprint density at radius 1 is 1.10 bits per heavy atom. The van der Waals surface area contributed by atoms with Crippen molar-refractivity contribution in [3.63, 3.8) is 0 Å². The van der Waals surface area contributed by atoms with Crippen LogP contribution in [0.4, 0.5) is 0 Å². The van der Waals surface area contributed by atoms with Crippen molar-refractivity contribution in [3.8, 4) is 0 Å². The lowest BCUT2D eigenvalue weighted by Gasteiger charge is -2.15. The first-order chi connectivity index (χ1) is 14.4. The van der Waals surface area contributed by atoms with Crippen LogP contribution in [0.5, 0.6) is 0 Å². The molecule has 0 saturated carbocycles. The van der Waals surface area contributed by atoms with Gasteiger partial charge in [-0.15, -0.1) is 11.3 Å². The van der Waals surface area contributed by atoms with Crippen LogP contribution in [0.15, 0.2) is 66.7 Å². The third-order valence-corrected chi connectivity index (χ3v) is 6.42. The SMILES string of the molecule is CC(NC(=O)c1cc2ccccc2n1Cc1ccc(Cl)cc1)c1ccc(C(=O)O)s1. The third kappa shape index (κ3) is 4.10. The van der Waals surface area contributed by atoms with E-state index in [1.807, 2.05) is 66.1 Å². The van der Waals surface area contributed by atoms with Crippen molar-refractivity contribution < 1.29 is 14.7 Å². The molecule has 0 saturated heterocycles.